The van der Waals surface area contributed by atoms with Crippen LogP contribution in [0.25, 0.3) is 10.4 Å². The van der Waals surface area contributed by atoms with Crippen LogP contribution >= 0.6 is 0 Å². The van der Waals surface area contributed by atoms with Gasteiger partial charge in [0.1, 0.15) is 5.60 Å². The molecular weight excluding hydrogens is 324 g/mol. The first-order valence-corrected chi connectivity index (χ1v) is 11.4. The number of ether oxygens (including phenoxy) is 1. The summed E-state index contributed by atoms with van der Waals surface area (Å²) in [6.45, 7) is 17.2. The Morgan fingerprint density at radius 2 is 1.88 bits per heavy atom. The molecule has 0 spiro atoms. The predicted octanol–water partition coefficient (Wildman–Crippen LogP) is 4.70. The lowest BCUT2D eigenvalue weighted by atomic mass is 10.2. The van der Waals surface area contributed by atoms with Crippen LogP contribution in [0.2, 0.25) is 18.1 Å². The molecule has 24 heavy (non-hydrogen) atoms. The van der Waals surface area contributed by atoms with E-state index in [9.17, 15) is 4.79 Å². The van der Waals surface area contributed by atoms with E-state index < -0.39 is 13.9 Å². The standard InChI is InChI=1S/C16H32N4O3Si/c1-15(2,3)22-14(21)20-10-9-13(12(20)11-18-19-17)23-24(7,8)16(4,5)6/h12-13H,9-11H2,1-8H3/t12-,13+/m1/s1. The summed E-state index contributed by atoms with van der Waals surface area (Å²) in [5.41, 5.74) is 8.12. The van der Waals surface area contributed by atoms with E-state index in [1.165, 1.54) is 0 Å². The molecule has 8 heteroatoms. The summed E-state index contributed by atoms with van der Waals surface area (Å²) in [6.07, 6.45) is 0.239. The van der Waals surface area contributed by atoms with Crippen LogP contribution in [0.1, 0.15) is 48.0 Å². The number of likely N-dealkylation sites (tertiary alicyclic amines) is 1. The number of hydrogen-bond donors (Lipinski definition) is 0. The molecule has 138 valence electrons. The van der Waals surface area contributed by atoms with Gasteiger partial charge in [0.15, 0.2) is 8.32 Å². The molecule has 1 aliphatic rings. The summed E-state index contributed by atoms with van der Waals surface area (Å²) < 4.78 is 12.0. The van der Waals surface area contributed by atoms with Crippen molar-refractivity contribution >= 4 is 14.4 Å². The van der Waals surface area contributed by atoms with Gasteiger partial charge in [-0.15, -0.1) is 0 Å². The fourth-order valence-electron chi connectivity index (χ4n) is 2.40. The van der Waals surface area contributed by atoms with E-state index in [1.54, 1.807) is 4.90 Å². The third-order valence-electron chi connectivity index (χ3n) is 4.70. The average molecular weight is 357 g/mol. The second-order valence-corrected chi connectivity index (χ2v) is 13.6. The Bertz CT molecular complexity index is 504. The van der Waals surface area contributed by atoms with Crippen LogP contribution in [0.5, 0.6) is 0 Å². The summed E-state index contributed by atoms with van der Waals surface area (Å²) in [5.74, 6) is 0. The SMILES string of the molecule is CC(C)(C)OC(=O)N1CC[C@H](O[Si](C)(C)C(C)(C)C)[C@H]1CN=[N+]=[N-]. The summed E-state index contributed by atoms with van der Waals surface area (Å²) in [4.78, 5) is 17.0. The predicted molar refractivity (Wildman–Crippen MR) is 97.4 cm³/mol. The molecular formula is C16H32N4O3Si. The number of amides is 1. The van der Waals surface area contributed by atoms with Crippen molar-refractivity contribution in [1.82, 2.24) is 4.90 Å². The zero-order valence-electron chi connectivity index (χ0n) is 16.3. The van der Waals surface area contributed by atoms with Gasteiger partial charge in [-0.2, -0.15) is 0 Å². The Hall–Kier alpha value is -1.24. The van der Waals surface area contributed by atoms with Crippen LogP contribution in [0.3, 0.4) is 0 Å². The first-order chi connectivity index (χ1) is 10.8. The van der Waals surface area contributed by atoms with E-state index in [2.05, 4.69) is 43.9 Å². The molecule has 0 unspecified atom stereocenters. The molecule has 1 aliphatic heterocycles. The molecule has 0 saturated carbocycles. The molecule has 1 rings (SSSR count). The van der Waals surface area contributed by atoms with Crippen molar-refractivity contribution < 1.29 is 14.0 Å². The molecule has 0 aromatic heterocycles. The van der Waals surface area contributed by atoms with Gasteiger partial charge in [-0.3, -0.25) is 0 Å². The van der Waals surface area contributed by atoms with E-state index in [-0.39, 0.29) is 29.8 Å². The second-order valence-electron chi connectivity index (χ2n) is 8.86. The molecule has 0 N–H and O–H groups in total. The monoisotopic (exact) mass is 356 g/mol. The Balaban J connectivity index is 2.95. The van der Waals surface area contributed by atoms with Crippen LogP contribution in [0.4, 0.5) is 4.79 Å². The van der Waals surface area contributed by atoms with Gasteiger partial charge < -0.3 is 14.1 Å². The van der Waals surface area contributed by atoms with Gasteiger partial charge >= 0.3 is 6.09 Å². The summed E-state index contributed by atoms with van der Waals surface area (Å²) >= 11 is 0. The van der Waals surface area contributed by atoms with Gasteiger partial charge in [0.05, 0.1) is 12.1 Å². The van der Waals surface area contributed by atoms with Crippen molar-refractivity contribution in [3.05, 3.63) is 10.4 Å². The van der Waals surface area contributed by atoms with E-state index in [0.717, 1.165) is 6.42 Å². The van der Waals surface area contributed by atoms with Crippen LogP contribution in [0, 0.1) is 0 Å². The van der Waals surface area contributed by atoms with Crippen LogP contribution in [-0.2, 0) is 9.16 Å². The van der Waals surface area contributed by atoms with Gasteiger partial charge in [0.25, 0.3) is 0 Å². The minimum atomic E-state index is -1.98. The van der Waals surface area contributed by atoms with Crippen molar-refractivity contribution in [2.75, 3.05) is 13.1 Å². The molecule has 7 nitrogen and oxygen atoms in total. The van der Waals surface area contributed by atoms with E-state index in [4.69, 9.17) is 14.7 Å². The Labute approximate surface area is 146 Å². The van der Waals surface area contributed by atoms with E-state index >= 15 is 0 Å². The molecule has 1 fully saturated rings. The highest BCUT2D eigenvalue weighted by atomic mass is 28.4. The lowest BCUT2D eigenvalue weighted by Crippen LogP contribution is -2.50. The third kappa shape index (κ3) is 5.39. The largest absolute Gasteiger partial charge is 0.444 e. The number of azide groups is 1. The van der Waals surface area contributed by atoms with Gasteiger partial charge in [0, 0.05) is 18.0 Å². The third-order valence-corrected chi connectivity index (χ3v) is 9.20. The van der Waals surface area contributed by atoms with E-state index in [1.807, 2.05) is 20.8 Å². The molecule has 0 radical (unpaired) electrons. The van der Waals surface area contributed by atoms with Crippen molar-refractivity contribution in [2.45, 2.75) is 83.8 Å². The molecule has 0 aromatic rings. The maximum absolute atomic E-state index is 12.5. The Morgan fingerprint density at radius 3 is 2.33 bits per heavy atom. The Kier molecular flexibility index (Phi) is 6.35. The van der Waals surface area contributed by atoms with Gasteiger partial charge in [0.2, 0.25) is 0 Å². The lowest BCUT2D eigenvalue weighted by Gasteiger charge is -2.40. The highest BCUT2D eigenvalue weighted by Gasteiger charge is 2.45. The van der Waals surface area contributed by atoms with Crippen LogP contribution in [0.15, 0.2) is 5.11 Å². The quantitative estimate of drug-likeness (QED) is 0.316. The molecule has 0 aromatic carbocycles. The zero-order chi connectivity index (χ0) is 18.8. The molecule has 0 aliphatic carbocycles. The normalized spacial score (nSPS) is 22.2. The number of carbonyl (C=O) groups excluding carboxylic acids is 1. The first kappa shape index (κ1) is 20.8. The Morgan fingerprint density at radius 1 is 1.29 bits per heavy atom. The summed E-state index contributed by atoms with van der Waals surface area (Å²) in [7, 11) is -1.98. The molecule has 1 heterocycles. The highest BCUT2D eigenvalue weighted by Crippen LogP contribution is 2.39. The summed E-state index contributed by atoms with van der Waals surface area (Å²) in [5, 5.41) is 3.77. The highest BCUT2D eigenvalue weighted by molar-refractivity contribution is 6.74. The molecule has 2 atom stereocenters. The summed E-state index contributed by atoms with van der Waals surface area (Å²) in [6, 6.07) is -0.273. The smallest absolute Gasteiger partial charge is 0.410 e. The van der Waals surface area contributed by atoms with Crippen molar-refractivity contribution in [2.24, 2.45) is 5.11 Å². The zero-order valence-corrected chi connectivity index (χ0v) is 17.3. The van der Waals surface area contributed by atoms with Crippen molar-refractivity contribution in [1.29, 1.82) is 0 Å². The number of hydrogen-bond acceptors (Lipinski definition) is 4. The molecule has 0 bridgehead atoms. The van der Waals surface area contributed by atoms with Crippen molar-refractivity contribution in [3.8, 4) is 0 Å². The number of nitrogens with zero attached hydrogens (tertiary/aromatic N) is 4. The fourth-order valence-corrected chi connectivity index (χ4v) is 3.79. The van der Waals surface area contributed by atoms with Crippen molar-refractivity contribution in [3.63, 3.8) is 0 Å². The minimum absolute atomic E-state index is 0.0788. The van der Waals surface area contributed by atoms with Gasteiger partial charge in [-0.1, -0.05) is 25.9 Å². The maximum atomic E-state index is 12.5. The number of rotatable bonds is 4. The van der Waals surface area contributed by atoms with Crippen LogP contribution in [-0.4, -0.2) is 50.1 Å². The maximum Gasteiger partial charge on any atom is 0.410 e. The topological polar surface area (TPSA) is 87.5 Å². The molecule has 1 saturated heterocycles. The average Bonchev–Trinajstić information content (AvgIpc) is 2.75. The van der Waals surface area contributed by atoms with Gasteiger partial charge in [-0.25, -0.2) is 4.79 Å². The van der Waals surface area contributed by atoms with Crippen LogP contribution < -0.4 is 0 Å². The minimum Gasteiger partial charge on any atom is -0.444 e. The number of carbonyl (C=O) groups is 1. The second kappa shape index (κ2) is 7.33. The van der Waals surface area contributed by atoms with Gasteiger partial charge in [-0.05, 0) is 50.9 Å². The van der Waals surface area contributed by atoms with E-state index in [0.29, 0.717) is 6.54 Å². The first-order valence-electron chi connectivity index (χ1n) is 8.47. The molecule has 1 amide bonds. The lowest BCUT2D eigenvalue weighted by molar-refractivity contribution is 0.0174. The fraction of sp³-hybridized carbons (Fsp3) is 0.938.